The van der Waals surface area contributed by atoms with E-state index < -0.39 is 21.3 Å². The number of aromatic amines is 1. The number of imidazole rings is 1. The van der Waals surface area contributed by atoms with Crippen molar-refractivity contribution in [2.45, 2.75) is 31.5 Å². The molecule has 0 fully saturated rings. The van der Waals surface area contributed by atoms with Crippen molar-refractivity contribution in [2.24, 2.45) is 0 Å². The van der Waals surface area contributed by atoms with E-state index in [0.717, 1.165) is 16.8 Å². The molecule has 3 heterocycles. The Kier molecular flexibility index (Phi) is 6.12. The Morgan fingerprint density at radius 2 is 1.72 bits per heavy atom. The highest BCUT2D eigenvalue weighted by molar-refractivity contribution is 7.89. The van der Waals surface area contributed by atoms with E-state index in [-0.39, 0.29) is 18.0 Å². The van der Waals surface area contributed by atoms with Gasteiger partial charge in [-0.1, -0.05) is 42.5 Å². The van der Waals surface area contributed by atoms with Crippen LogP contribution in [0.4, 0.5) is 0 Å². The van der Waals surface area contributed by atoms with Crippen molar-refractivity contribution in [1.29, 1.82) is 0 Å². The molecule has 0 bridgehead atoms. The second-order valence-corrected chi connectivity index (χ2v) is 9.91. The molecule has 0 aliphatic heterocycles. The summed E-state index contributed by atoms with van der Waals surface area (Å²) in [6.07, 6.45) is 4.30. The van der Waals surface area contributed by atoms with Gasteiger partial charge in [-0.3, -0.25) is 14.3 Å². The molecule has 0 radical (unpaired) electrons. The van der Waals surface area contributed by atoms with Gasteiger partial charge in [-0.15, -0.1) is 0 Å². The quantitative estimate of drug-likeness (QED) is 0.329. The Hall–Kier alpha value is -4.29. The summed E-state index contributed by atoms with van der Waals surface area (Å²) in [5.74, 6) is 0. The van der Waals surface area contributed by atoms with Gasteiger partial charge in [-0.25, -0.2) is 27.6 Å². The van der Waals surface area contributed by atoms with E-state index in [1.54, 1.807) is 28.8 Å². The van der Waals surface area contributed by atoms with Crippen molar-refractivity contribution in [3.63, 3.8) is 0 Å². The largest absolute Gasteiger partial charge is 0.330 e. The molecule has 2 aromatic carbocycles. The highest BCUT2D eigenvalue weighted by Crippen LogP contribution is 2.14. The molecule has 0 aliphatic carbocycles. The van der Waals surface area contributed by atoms with Crippen LogP contribution in [0.3, 0.4) is 0 Å². The number of nitrogens with zero attached hydrogens (tertiary/aromatic N) is 5. The van der Waals surface area contributed by atoms with E-state index in [1.165, 1.54) is 28.0 Å². The molecule has 184 valence electrons. The fourth-order valence-corrected chi connectivity index (χ4v) is 4.83. The van der Waals surface area contributed by atoms with Crippen LogP contribution in [-0.2, 0) is 29.7 Å². The zero-order chi connectivity index (χ0) is 25.3. The van der Waals surface area contributed by atoms with Gasteiger partial charge >= 0.3 is 5.69 Å². The van der Waals surface area contributed by atoms with E-state index in [9.17, 15) is 18.0 Å². The Morgan fingerprint density at radius 3 is 2.44 bits per heavy atom. The minimum atomic E-state index is -3.76. The Labute approximate surface area is 205 Å². The molecule has 3 aromatic heterocycles. The van der Waals surface area contributed by atoms with Crippen LogP contribution in [0.2, 0.25) is 0 Å². The van der Waals surface area contributed by atoms with Crippen molar-refractivity contribution in [2.75, 3.05) is 0 Å². The Balaban J connectivity index is 1.29. The van der Waals surface area contributed by atoms with Crippen molar-refractivity contribution in [3.05, 3.63) is 105 Å². The molecule has 0 saturated carbocycles. The number of sulfonamides is 1. The van der Waals surface area contributed by atoms with Crippen LogP contribution in [0, 0.1) is 0 Å². The molecule has 0 saturated heterocycles. The number of hydrogen-bond donors (Lipinski definition) is 2. The van der Waals surface area contributed by atoms with Crippen LogP contribution in [0.5, 0.6) is 0 Å². The van der Waals surface area contributed by atoms with Crippen LogP contribution in [-0.4, -0.2) is 37.3 Å². The normalized spacial score (nSPS) is 11.8. The molecule has 5 aromatic rings. The van der Waals surface area contributed by atoms with Crippen molar-refractivity contribution >= 4 is 21.2 Å². The van der Waals surface area contributed by atoms with Crippen LogP contribution >= 0.6 is 0 Å². The third kappa shape index (κ3) is 4.51. The summed E-state index contributed by atoms with van der Waals surface area (Å²) in [7, 11) is -3.76. The maximum Gasteiger partial charge on any atom is 0.330 e. The maximum atomic E-state index is 12.7. The first kappa shape index (κ1) is 23.5. The average molecular weight is 506 g/mol. The number of fused-ring (bicyclic) bond motifs is 1. The molecule has 5 rings (SSSR count). The topological polar surface area (TPSA) is 137 Å². The lowest BCUT2D eigenvalue weighted by atomic mass is 10.1. The summed E-state index contributed by atoms with van der Waals surface area (Å²) in [4.78, 5) is 31.3. The van der Waals surface area contributed by atoms with Gasteiger partial charge in [0.05, 0.1) is 31.0 Å². The molecule has 11 nitrogen and oxygen atoms in total. The number of benzene rings is 2. The number of aryl methyl sites for hydroxylation is 1. The Bertz CT molecular complexity index is 1750. The van der Waals surface area contributed by atoms with Gasteiger partial charge in [0, 0.05) is 13.1 Å². The number of H-pyrrole nitrogens is 1. The molecular weight excluding hydrogens is 482 g/mol. The zero-order valence-corrected chi connectivity index (χ0v) is 20.1. The summed E-state index contributed by atoms with van der Waals surface area (Å²) in [5, 5.41) is 4.14. The molecule has 2 N–H and O–H groups in total. The fraction of sp³-hybridized carbons (Fsp3) is 0.167. The van der Waals surface area contributed by atoms with E-state index in [2.05, 4.69) is 19.8 Å². The van der Waals surface area contributed by atoms with Crippen LogP contribution in [0.15, 0.2) is 87.8 Å². The van der Waals surface area contributed by atoms with E-state index in [0.29, 0.717) is 17.7 Å². The predicted octanol–water partition coefficient (Wildman–Crippen LogP) is 1.62. The summed E-state index contributed by atoms with van der Waals surface area (Å²) in [6, 6.07) is 16.4. The van der Waals surface area contributed by atoms with Crippen molar-refractivity contribution in [3.8, 4) is 5.69 Å². The first-order valence-corrected chi connectivity index (χ1v) is 12.7. The summed E-state index contributed by atoms with van der Waals surface area (Å²) < 4.78 is 32.6. The minimum absolute atomic E-state index is 0.0657. The molecule has 12 heteroatoms. The third-order valence-electron chi connectivity index (χ3n) is 5.82. The minimum Gasteiger partial charge on any atom is -0.325 e. The second kappa shape index (κ2) is 9.40. The summed E-state index contributed by atoms with van der Waals surface area (Å²) >= 11 is 0. The smallest absolute Gasteiger partial charge is 0.325 e. The highest BCUT2D eigenvalue weighted by Gasteiger charge is 2.17. The van der Waals surface area contributed by atoms with Crippen LogP contribution < -0.4 is 16.0 Å². The van der Waals surface area contributed by atoms with E-state index in [4.69, 9.17) is 0 Å². The lowest BCUT2D eigenvalue weighted by molar-refractivity contribution is 0.581. The maximum absolute atomic E-state index is 12.7. The molecule has 36 heavy (non-hydrogen) atoms. The van der Waals surface area contributed by atoms with Gasteiger partial charge in [0.25, 0.3) is 5.56 Å². The van der Waals surface area contributed by atoms with E-state index in [1.807, 2.05) is 37.3 Å². The van der Waals surface area contributed by atoms with E-state index >= 15 is 0 Å². The first-order valence-electron chi connectivity index (χ1n) is 11.2. The van der Waals surface area contributed by atoms with Crippen molar-refractivity contribution in [1.82, 2.24) is 33.6 Å². The number of para-hydroxylation sites is 1. The lowest BCUT2D eigenvalue weighted by Crippen LogP contribution is -2.31. The van der Waals surface area contributed by atoms with Crippen molar-refractivity contribution < 1.29 is 8.42 Å². The zero-order valence-electron chi connectivity index (χ0n) is 19.3. The third-order valence-corrected chi connectivity index (χ3v) is 7.17. The van der Waals surface area contributed by atoms with Gasteiger partial charge in [0.1, 0.15) is 4.90 Å². The van der Waals surface area contributed by atoms with Crippen LogP contribution in [0.25, 0.3) is 16.9 Å². The standard InChI is InChI=1S/C24H23N7O4S/c1-2-29-16-25-22-21(29)23(32)28-24(33)30(22)14-18-10-8-17(9-11-18)12-27-36(34,35)20-13-26-31(15-20)19-6-4-3-5-7-19/h3-11,13,15-16,27H,2,12,14H2,1H3,(H,28,32,33). The van der Waals surface area contributed by atoms with Gasteiger partial charge < -0.3 is 4.57 Å². The fourth-order valence-electron chi connectivity index (χ4n) is 3.88. The lowest BCUT2D eigenvalue weighted by Gasteiger charge is -2.09. The second-order valence-electron chi connectivity index (χ2n) is 8.15. The molecular formula is C24H23N7O4S. The van der Waals surface area contributed by atoms with Gasteiger partial charge in [-0.2, -0.15) is 5.10 Å². The van der Waals surface area contributed by atoms with Gasteiger partial charge in [0.2, 0.25) is 10.0 Å². The van der Waals surface area contributed by atoms with Gasteiger partial charge in [0.15, 0.2) is 11.2 Å². The average Bonchev–Trinajstić information content (AvgIpc) is 3.55. The number of rotatable bonds is 8. The number of nitrogens with one attached hydrogen (secondary N) is 2. The number of aromatic nitrogens is 6. The first-order chi connectivity index (χ1) is 17.4. The molecule has 0 spiro atoms. The summed E-state index contributed by atoms with van der Waals surface area (Å²) in [5.41, 5.74) is 1.95. The monoisotopic (exact) mass is 505 g/mol. The molecule has 0 atom stereocenters. The summed E-state index contributed by atoms with van der Waals surface area (Å²) in [6.45, 7) is 2.73. The van der Waals surface area contributed by atoms with Gasteiger partial charge in [-0.05, 0) is 30.2 Å². The Morgan fingerprint density at radius 1 is 1.00 bits per heavy atom. The highest BCUT2D eigenvalue weighted by atomic mass is 32.2. The molecule has 0 amide bonds. The van der Waals surface area contributed by atoms with Crippen LogP contribution in [0.1, 0.15) is 18.1 Å². The number of hydrogen-bond acceptors (Lipinski definition) is 6. The predicted molar refractivity (Wildman–Crippen MR) is 133 cm³/mol. The molecule has 0 aliphatic rings. The SMILES string of the molecule is CCn1cnc2c1c(=O)[nH]c(=O)n2Cc1ccc(CNS(=O)(=O)c2cnn(-c3ccccc3)c2)cc1. The molecule has 0 unspecified atom stereocenters.